The van der Waals surface area contributed by atoms with Gasteiger partial charge in [-0.2, -0.15) is 5.26 Å². The Balaban J connectivity index is 1.92. The molecule has 0 fully saturated rings. The van der Waals surface area contributed by atoms with E-state index in [0.29, 0.717) is 17.7 Å². The van der Waals surface area contributed by atoms with E-state index in [-0.39, 0.29) is 17.6 Å². The van der Waals surface area contributed by atoms with Gasteiger partial charge in [0.05, 0.1) is 16.7 Å². The summed E-state index contributed by atoms with van der Waals surface area (Å²) in [6.07, 6.45) is 0. The first-order valence-electron chi connectivity index (χ1n) is 6.91. The van der Waals surface area contributed by atoms with E-state index in [2.05, 4.69) is 11.4 Å². The lowest BCUT2D eigenvalue weighted by Gasteiger charge is -2.18. The van der Waals surface area contributed by atoms with Crippen molar-refractivity contribution in [1.82, 2.24) is 10.2 Å². The summed E-state index contributed by atoms with van der Waals surface area (Å²) >= 11 is 5.70. The van der Waals surface area contributed by atoms with Crippen LogP contribution in [0.5, 0.6) is 0 Å². The number of carbonyl (C=O) groups excluding carboxylic acids is 1. The molecule has 2 rings (SSSR count). The molecule has 2 aromatic rings. The molecule has 0 atom stereocenters. The van der Waals surface area contributed by atoms with E-state index in [1.54, 1.807) is 31.3 Å². The van der Waals surface area contributed by atoms with Crippen LogP contribution in [0.3, 0.4) is 0 Å². The molecular weight excluding hydrogens is 317 g/mol. The van der Waals surface area contributed by atoms with E-state index in [4.69, 9.17) is 16.9 Å². The second-order valence-electron chi connectivity index (χ2n) is 5.08. The molecule has 0 saturated carbocycles. The van der Waals surface area contributed by atoms with E-state index >= 15 is 0 Å². The molecule has 2 amide bonds. The predicted molar refractivity (Wildman–Crippen MR) is 86.3 cm³/mol. The van der Waals surface area contributed by atoms with Gasteiger partial charge in [0.1, 0.15) is 5.82 Å². The van der Waals surface area contributed by atoms with Crippen molar-refractivity contribution in [3.05, 3.63) is 70.0 Å². The van der Waals surface area contributed by atoms with E-state index in [1.807, 2.05) is 6.07 Å². The zero-order chi connectivity index (χ0) is 16.8. The molecule has 0 spiro atoms. The molecule has 0 aromatic heterocycles. The largest absolute Gasteiger partial charge is 0.334 e. The van der Waals surface area contributed by atoms with Crippen molar-refractivity contribution in [3.63, 3.8) is 0 Å². The molecule has 0 bridgehead atoms. The Morgan fingerprint density at radius 1 is 1.30 bits per heavy atom. The van der Waals surface area contributed by atoms with E-state index in [0.717, 1.165) is 5.56 Å². The smallest absolute Gasteiger partial charge is 0.317 e. The van der Waals surface area contributed by atoms with Gasteiger partial charge in [0.2, 0.25) is 0 Å². The zero-order valence-electron chi connectivity index (χ0n) is 12.5. The second-order valence-corrected chi connectivity index (χ2v) is 5.48. The van der Waals surface area contributed by atoms with Crippen LogP contribution in [0.15, 0.2) is 42.5 Å². The van der Waals surface area contributed by atoms with Crippen LogP contribution in [0.1, 0.15) is 16.7 Å². The van der Waals surface area contributed by atoms with Gasteiger partial charge in [-0.3, -0.25) is 0 Å². The quantitative estimate of drug-likeness (QED) is 0.928. The van der Waals surface area contributed by atoms with Crippen molar-refractivity contribution in [2.45, 2.75) is 13.1 Å². The van der Waals surface area contributed by atoms with Gasteiger partial charge in [-0.05, 0) is 35.4 Å². The van der Waals surface area contributed by atoms with Crippen molar-refractivity contribution in [3.8, 4) is 6.07 Å². The molecule has 23 heavy (non-hydrogen) atoms. The van der Waals surface area contributed by atoms with Crippen LogP contribution < -0.4 is 5.32 Å². The van der Waals surface area contributed by atoms with Gasteiger partial charge in [-0.1, -0.05) is 29.8 Å². The Morgan fingerprint density at radius 3 is 2.78 bits per heavy atom. The molecule has 1 N–H and O–H groups in total. The van der Waals surface area contributed by atoms with Gasteiger partial charge in [0.25, 0.3) is 0 Å². The minimum Gasteiger partial charge on any atom is -0.334 e. The van der Waals surface area contributed by atoms with Crippen LogP contribution in [0, 0.1) is 17.1 Å². The summed E-state index contributed by atoms with van der Waals surface area (Å²) in [4.78, 5) is 13.6. The number of carbonyl (C=O) groups is 1. The lowest BCUT2D eigenvalue weighted by molar-refractivity contribution is 0.206. The maximum Gasteiger partial charge on any atom is 0.317 e. The molecule has 0 aliphatic rings. The molecule has 6 heteroatoms. The molecule has 0 radical (unpaired) electrons. The van der Waals surface area contributed by atoms with Crippen molar-refractivity contribution < 1.29 is 9.18 Å². The molecule has 0 unspecified atom stereocenters. The number of hydrogen-bond donors (Lipinski definition) is 1. The number of rotatable bonds is 4. The van der Waals surface area contributed by atoms with Crippen LogP contribution in [0.25, 0.3) is 0 Å². The first-order chi connectivity index (χ1) is 11.0. The summed E-state index contributed by atoms with van der Waals surface area (Å²) in [5.74, 6) is -0.490. The summed E-state index contributed by atoms with van der Waals surface area (Å²) in [7, 11) is 1.66. The number of urea groups is 1. The molecule has 2 aromatic carbocycles. The number of nitriles is 1. The van der Waals surface area contributed by atoms with E-state index in [1.165, 1.54) is 17.0 Å². The summed E-state index contributed by atoms with van der Waals surface area (Å²) in [5, 5.41) is 11.6. The Hall–Kier alpha value is -2.58. The normalized spacial score (nSPS) is 10.0. The lowest BCUT2D eigenvalue weighted by Crippen LogP contribution is -2.36. The predicted octanol–water partition coefficient (Wildman–Crippen LogP) is 3.69. The Morgan fingerprint density at radius 2 is 2.09 bits per heavy atom. The highest BCUT2D eigenvalue weighted by molar-refractivity contribution is 6.30. The van der Waals surface area contributed by atoms with Crippen molar-refractivity contribution in [2.24, 2.45) is 0 Å². The maximum absolute atomic E-state index is 13.1. The highest BCUT2D eigenvalue weighted by atomic mass is 35.5. The van der Waals surface area contributed by atoms with Crippen LogP contribution in [0.2, 0.25) is 5.02 Å². The number of nitrogens with zero attached hydrogens (tertiary/aromatic N) is 2. The van der Waals surface area contributed by atoms with Crippen LogP contribution in [-0.2, 0) is 13.1 Å². The topological polar surface area (TPSA) is 56.1 Å². The standard InChI is InChI=1S/C17H15ClFN3O/c1-22(11-14-4-2-3-12(7-14)9-20)17(23)21-10-13-5-6-16(19)15(18)8-13/h2-8H,10-11H2,1H3,(H,21,23). The van der Waals surface area contributed by atoms with Gasteiger partial charge >= 0.3 is 6.03 Å². The van der Waals surface area contributed by atoms with Crippen LogP contribution in [0.4, 0.5) is 9.18 Å². The Kier molecular flexibility index (Phi) is 5.56. The van der Waals surface area contributed by atoms with Gasteiger partial charge in [0.15, 0.2) is 0 Å². The average molecular weight is 332 g/mol. The van der Waals surface area contributed by atoms with E-state index < -0.39 is 5.82 Å². The second kappa shape index (κ2) is 7.61. The average Bonchev–Trinajstić information content (AvgIpc) is 2.55. The number of benzene rings is 2. The minimum absolute atomic E-state index is 0.0263. The molecular formula is C17H15ClFN3O. The van der Waals surface area contributed by atoms with E-state index in [9.17, 15) is 9.18 Å². The summed E-state index contributed by atoms with van der Waals surface area (Å²) in [6.45, 7) is 0.632. The Labute approximate surface area is 139 Å². The minimum atomic E-state index is -0.490. The summed E-state index contributed by atoms with van der Waals surface area (Å²) in [6, 6.07) is 13.2. The van der Waals surface area contributed by atoms with Gasteiger partial charge in [-0.15, -0.1) is 0 Å². The third kappa shape index (κ3) is 4.70. The third-order valence-corrected chi connectivity index (χ3v) is 3.54. The SMILES string of the molecule is CN(Cc1cccc(C#N)c1)C(=O)NCc1ccc(F)c(Cl)c1. The van der Waals surface area contributed by atoms with Crippen molar-refractivity contribution >= 4 is 17.6 Å². The molecule has 0 aliphatic carbocycles. The molecule has 0 aliphatic heterocycles. The molecule has 118 valence electrons. The van der Waals surface area contributed by atoms with Crippen molar-refractivity contribution in [1.29, 1.82) is 5.26 Å². The highest BCUT2D eigenvalue weighted by Crippen LogP contribution is 2.16. The van der Waals surface area contributed by atoms with Crippen LogP contribution in [-0.4, -0.2) is 18.0 Å². The first-order valence-corrected chi connectivity index (χ1v) is 7.29. The van der Waals surface area contributed by atoms with Gasteiger partial charge in [0, 0.05) is 20.1 Å². The molecule has 0 saturated heterocycles. The third-order valence-electron chi connectivity index (χ3n) is 3.25. The number of halogens is 2. The maximum atomic E-state index is 13.1. The molecule has 4 nitrogen and oxygen atoms in total. The van der Waals surface area contributed by atoms with Gasteiger partial charge in [-0.25, -0.2) is 9.18 Å². The first kappa shape index (κ1) is 16.8. The number of nitrogens with one attached hydrogen (secondary N) is 1. The van der Waals surface area contributed by atoms with Crippen molar-refractivity contribution in [2.75, 3.05) is 7.05 Å². The fourth-order valence-corrected chi connectivity index (χ4v) is 2.25. The fraction of sp³-hybridized carbons (Fsp3) is 0.176. The highest BCUT2D eigenvalue weighted by Gasteiger charge is 2.09. The Bertz CT molecular complexity index is 758. The lowest BCUT2D eigenvalue weighted by atomic mass is 10.1. The molecule has 0 heterocycles. The summed E-state index contributed by atoms with van der Waals surface area (Å²) in [5.41, 5.74) is 2.13. The zero-order valence-corrected chi connectivity index (χ0v) is 13.3. The summed E-state index contributed by atoms with van der Waals surface area (Å²) < 4.78 is 13.1. The van der Waals surface area contributed by atoms with Crippen LogP contribution >= 0.6 is 11.6 Å². The number of hydrogen-bond acceptors (Lipinski definition) is 2. The number of amides is 2. The monoisotopic (exact) mass is 331 g/mol. The fourth-order valence-electron chi connectivity index (χ4n) is 2.05. The van der Waals surface area contributed by atoms with Gasteiger partial charge < -0.3 is 10.2 Å².